The SMILES string of the molecule is O[C@H]1C[C@@H]2C[C@H]1[C@@H]1O[C@H]21. The largest absolute Gasteiger partial charge is 0.393 e. The van der Waals surface area contributed by atoms with Crippen LogP contribution in [0.25, 0.3) is 0 Å². The lowest BCUT2D eigenvalue weighted by atomic mass is 9.98. The van der Waals surface area contributed by atoms with Crippen LogP contribution in [0.2, 0.25) is 0 Å². The number of fused-ring (bicyclic) bond motifs is 5. The van der Waals surface area contributed by atoms with Crippen molar-refractivity contribution in [1.29, 1.82) is 0 Å². The van der Waals surface area contributed by atoms with Gasteiger partial charge in [0.1, 0.15) is 0 Å². The van der Waals surface area contributed by atoms with Gasteiger partial charge >= 0.3 is 0 Å². The van der Waals surface area contributed by atoms with E-state index in [9.17, 15) is 5.11 Å². The van der Waals surface area contributed by atoms with Gasteiger partial charge in [-0.1, -0.05) is 0 Å². The quantitative estimate of drug-likeness (QED) is 0.469. The summed E-state index contributed by atoms with van der Waals surface area (Å²) in [4.78, 5) is 0. The molecule has 50 valence electrons. The molecule has 0 aromatic carbocycles. The summed E-state index contributed by atoms with van der Waals surface area (Å²) in [7, 11) is 0. The van der Waals surface area contributed by atoms with E-state index in [0.717, 1.165) is 12.3 Å². The van der Waals surface area contributed by atoms with Crippen LogP contribution in [0.3, 0.4) is 0 Å². The molecule has 5 atom stereocenters. The first-order valence-corrected chi connectivity index (χ1v) is 3.70. The molecule has 3 fully saturated rings. The fourth-order valence-electron chi connectivity index (χ4n) is 2.57. The number of aliphatic hydroxyl groups is 1. The highest BCUT2D eigenvalue weighted by Crippen LogP contribution is 2.56. The number of ether oxygens (including phenoxy) is 1. The number of hydrogen-bond acceptors (Lipinski definition) is 2. The van der Waals surface area contributed by atoms with E-state index in [0.29, 0.717) is 18.1 Å². The highest BCUT2D eigenvalue weighted by atomic mass is 16.6. The molecule has 2 saturated carbocycles. The molecule has 1 aliphatic heterocycles. The molecule has 0 spiro atoms. The standard InChI is InChI=1S/C7H10O2/c8-5-2-3-1-4(5)7-6(3)9-7/h3-8H,1-2H2/t3-,4+,5-,6+,7-/m0/s1. The summed E-state index contributed by atoms with van der Waals surface area (Å²) in [6.45, 7) is 0. The zero-order valence-electron chi connectivity index (χ0n) is 5.16. The number of aliphatic hydroxyl groups excluding tert-OH is 1. The van der Waals surface area contributed by atoms with E-state index in [4.69, 9.17) is 4.74 Å². The third kappa shape index (κ3) is 0.413. The van der Waals surface area contributed by atoms with Crippen LogP contribution in [-0.4, -0.2) is 23.4 Å². The van der Waals surface area contributed by atoms with E-state index in [1.807, 2.05) is 0 Å². The molecule has 2 nitrogen and oxygen atoms in total. The normalized spacial score (nSPS) is 68.3. The van der Waals surface area contributed by atoms with Gasteiger partial charge in [-0.3, -0.25) is 0 Å². The Morgan fingerprint density at radius 1 is 1.22 bits per heavy atom. The van der Waals surface area contributed by atoms with Crippen molar-refractivity contribution in [1.82, 2.24) is 0 Å². The Morgan fingerprint density at radius 2 is 2.11 bits per heavy atom. The second-order valence-corrected chi connectivity index (χ2v) is 3.53. The lowest BCUT2D eigenvalue weighted by molar-refractivity contribution is 0.113. The van der Waals surface area contributed by atoms with Crippen molar-refractivity contribution in [2.75, 3.05) is 0 Å². The van der Waals surface area contributed by atoms with Crippen molar-refractivity contribution in [3.63, 3.8) is 0 Å². The molecule has 2 heteroatoms. The van der Waals surface area contributed by atoms with Crippen molar-refractivity contribution in [3.05, 3.63) is 0 Å². The van der Waals surface area contributed by atoms with E-state index >= 15 is 0 Å². The third-order valence-electron chi connectivity index (χ3n) is 3.06. The molecule has 0 unspecified atom stereocenters. The maximum atomic E-state index is 9.34. The summed E-state index contributed by atoms with van der Waals surface area (Å²) in [6, 6.07) is 0. The van der Waals surface area contributed by atoms with Crippen LogP contribution in [0.5, 0.6) is 0 Å². The predicted octanol–water partition coefficient (Wildman–Crippen LogP) is 0.154. The van der Waals surface area contributed by atoms with Gasteiger partial charge in [-0.05, 0) is 18.8 Å². The van der Waals surface area contributed by atoms with Crippen molar-refractivity contribution < 1.29 is 9.84 Å². The van der Waals surface area contributed by atoms with Gasteiger partial charge in [0.05, 0.1) is 18.3 Å². The van der Waals surface area contributed by atoms with Gasteiger partial charge in [0, 0.05) is 5.92 Å². The van der Waals surface area contributed by atoms with Crippen LogP contribution in [0.1, 0.15) is 12.8 Å². The third-order valence-corrected chi connectivity index (χ3v) is 3.06. The van der Waals surface area contributed by atoms with E-state index in [1.165, 1.54) is 6.42 Å². The van der Waals surface area contributed by atoms with Gasteiger partial charge in [0.25, 0.3) is 0 Å². The minimum Gasteiger partial charge on any atom is -0.393 e. The first-order chi connectivity index (χ1) is 4.36. The van der Waals surface area contributed by atoms with Crippen LogP contribution in [0.15, 0.2) is 0 Å². The Kier molecular flexibility index (Phi) is 0.616. The van der Waals surface area contributed by atoms with Gasteiger partial charge in [-0.15, -0.1) is 0 Å². The Bertz CT molecular complexity index is 153. The molecule has 1 heterocycles. The average Bonchev–Trinajstić information content (AvgIpc) is 2.46. The summed E-state index contributed by atoms with van der Waals surface area (Å²) >= 11 is 0. The maximum absolute atomic E-state index is 9.34. The first kappa shape index (κ1) is 4.69. The average molecular weight is 126 g/mol. The van der Waals surface area contributed by atoms with Crippen molar-refractivity contribution in [2.45, 2.75) is 31.2 Å². The van der Waals surface area contributed by atoms with Crippen LogP contribution in [0.4, 0.5) is 0 Å². The molecule has 3 rings (SSSR count). The molecule has 0 aromatic heterocycles. The summed E-state index contributed by atoms with van der Waals surface area (Å²) in [5.74, 6) is 1.23. The lowest BCUT2D eigenvalue weighted by Crippen LogP contribution is -2.21. The van der Waals surface area contributed by atoms with Gasteiger partial charge < -0.3 is 9.84 Å². The van der Waals surface area contributed by atoms with Crippen LogP contribution >= 0.6 is 0 Å². The Balaban J connectivity index is 1.96. The summed E-state index contributed by atoms with van der Waals surface area (Å²) < 4.78 is 5.35. The molecule has 2 bridgehead atoms. The Hall–Kier alpha value is -0.0800. The molecule has 1 saturated heterocycles. The van der Waals surface area contributed by atoms with Gasteiger partial charge in [-0.25, -0.2) is 0 Å². The first-order valence-electron chi connectivity index (χ1n) is 3.70. The fourth-order valence-corrected chi connectivity index (χ4v) is 2.57. The summed E-state index contributed by atoms with van der Waals surface area (Å²) in [5, 5.41) is 9.34. The highest BCUT2D eigenvalue weighted by molar-refractivity contribution is 5.10. The molecule has 0 aromatic rings. The van der Waals surface area contributed by atoms with Crippen molar-refractivity contribution >= 4 is 0 Å². The lowest BCUT2D eigenvalue weighted by Gasteiger charge is -2.10. The Labute approximate surface area is 53.8 Å². The van der Waals surface area contributed by atoms with E-state index in [-0.39, 0.29) is 6.10 Å². The maximum Gasteiger partial charge on any atom is 0.0897 e. The second kappa shape index (κ2) is 1.18. The van der Waals surface area contributed by atoms with Gasteiger partial charge in [-0.2, -0.15) is 0 Å². The van der Waals surface area contributed by atoms with Crippen LogP contribution < -0.4 is 0 Å². The monoisotopic (exact) mass is 126 g/mol. The molecule has 0 radical (unpaired) electrons. The predicted molar refractivity (Wildman–Crippen MR) is 30.9 cm³/mol. The van der Waals surface area contributed by atoms with Crippen molar-refractivity contribution in [3.8, 4) is 0 Å². The zero-order chi connectivity index (χ0) is 6.01. The van der Waals surface area contributed by atoms with E-state index in [2.05, 4.69) is 0 Å². The van der Waals surface area contributed by atoms with E-state index in [1.54, 1.807) is 0 Å². The minimum atomic E-state index is -0.0289. The number of epoxide rings is 1. The van der Waals surface area contributed by atoms with Crippen LogP contribution in [0, 0.1) is 11.8 Å². The molecule has 9 heavy (non-hydrogen) atoms. The molecular formula is C7H10O2. The molecule has 0 amide bonds. The summed E-state index contributed by atoms with van der Waals surface area (Å²) in [5.41, 5.74) is 0. The van der Waals surface area contributed by atoms with Gasteiger partial charge in [0.15, 0.2) is 0 Å². The smallest absolute Gasteiger partial charge is 0.0897 e. The second-order valence-electron chi connectivity index (χ2n) is 3.53. The zero-order valence-corrected chi connectivity index (χ0v) is 5.16. The van der Waals surface area contributed by atoms with Crippen LogP contribution in [-0.2, 0) is 4.74 Å². The molecule has 2 aliphatic carbocycles. The molecular weight excluding hydrogens is 116 g/mol. The summed E-state index contributed by atoms with van der Waals surface area (Å²) in [6.07, 6.45) is 3.25. The number of hydrogen-bond donors (Lipinski definition) is 1. The molecule has 1 N–H and O–H groups in total. The van der Waals surface area contributed by atoms with Gasteiger partial charge in [0.2, 0.25) is 0 Å². The topological polar surface area (TPSA) is 32.8 Å². The van der Waals surface area contributed by atoms with Crippen molar-refractivity contribution in [2.24, 2.45) is 11.8 Å². The molecule has 3 aliphatic rings. The van der Waals surface area contributed by atoms with E-state index < -0.39 is 0 Å². The number of rotatable bonds is 0. The fraction of sp³-hybridized carbons (Fsp3) is 1.00. The highest BCUT2D eigenvalue weighted by Gasteiger charge is 2.62. The minimum absolute atomic E-state index is 0.0289. The Morgan fingerprint density at radius 3 is 2.67 bits per heavy atom.